The maximum atomic E-state index is 11.7. The monoisotopic (exact) mass is 331 g/mol. The first-order valence-electron chi connectivity index (χ1n) is 7.67. The lowest BCUT2D eigenvalue weighted by atomic mass is 10.1. The lowest BCUT2D eigenvalue weighted by Gasteiger charge is -2.19. The van der Waals surface area contributed by atoms with Crippen molar-refractivity contribution in [1.29, 1.82) is 0 Å². The van der Waals surface area contributed by atoms with Gasteiger partial charge in [-0.25, -0.2) is 14.4 Å². The fraction of sp³-hybridized carbons (Fsp3) is 0.800. The number of alkyl carbamates (subject to hydrolysis) is 1. The molecule has 8 nitrogen and oxygen atoms in total. The summed E-state index contributed by atoms with van der Waals surface area (Å²) >= 11 is 0. The van der Waals surface area contributed by atoms with Crippen LogP contribution in [0.5, 0.6) is 0 Å². The van der Waals surface area contributed by atoms with Crippen LogP contribution in [-0.4, -0.2) is 42.3 Å². The second-order valence-electron chi connectivity index (χ2n) is 6.69. The molecule has 0 saturated carbocycles. The number of ether oxygens (including phenoxy) is 2. The summed E-state index contributed by atoms with van der Waals surface area (Å²) in [5.74, 6) is -1.74. The molecule has 0 aromatic carbocycles. The molecule has 0 rings (SSSR count). The number of carbonyl (C=O) groups is 3. The van der Waals surface area contributed by atoms with Crippen molar-refractivity contribution in [2.75, 3.05) is 6.54 Å². The minimum absolute atomic E-state index is 0.135. The van der Waals surface area contributed by atoms with E-state index < -0.39 is 35.7 Å². The highest BCUT2D eigenvalue weighted by atomic mass is 16.6. The second-order valence-corrected chi connectivity index (χ2v) is 6.69. The van der Waals surface area contributed by atoms with E-state index in [0.29, 0.717) is 13.0 Å². The van der Waals surface area contributed by atoms with Crippen molar-refractivity contribution in [1.82, 2.24) is 5.32 Å². The van der Waals surface area contributed by atoms with Crippen LogP contribution in [0.3, 0.4) is 0 Å². The molecule has 0 bridgehead atoms. The summed E-state index contributed by atoms with van der Waals surface area (Å²) in [7, 11) is 0. The Labute approximate surface area is 137 Å². The first kappa shape index (κ1) is 21.3. The number of amides is 1. The van der Waals surface area contributed by atoms with E-state index in [1.807, 2.05) is 0 Å². The van der Waals surface area contributed by atoms with E-state index >= 15 is 0 Å². The number of nitrogens with one attached hydrogen (secondary N) is 1. The Hall–Kier alpha value is -1.67. The first-order chi connectivity index (χ1) is 10.4. The van der Waals surface area contributed by atoms with E-state index in [-0.39, 0.29) is 12.3 Å². The quantitative estimate of drug-likeness (QED) is 0.354. The van der Waals surface area contributed by atoms with Gasteiger partial charge in [0.2, 0.25) is 0 Å². The van der Waals surface area contributed by atoms with Crippen LogP contribution in [0.25, 0.3) is 0 Å². The fourth-order valence-corrected chi connectivity index (χ4v) is 1.46. The molecule has 0 aliphatic rings. The van der Waals surface area contributed by atoms with Crippen molar-refractivity contribution in [2.24, 2.45) is 17.4 Å². The summed E-state index contributed by atoms with van der Waals surface area (Å²) in [5, 5.41) is 2.55. The van der Waals surface area contributed by atoms with Crippen LogP contribution in [0.2, 0.25) is 0 Å². The summed E-state index contributed by atoms with van der Waals surface area (Å²) in [4.78, 5) is 34.6. The smallest absolute Gasteiger partial charge is 0.407 e. The Morgan fingerprint density at radius 1 is 1.09 bits per heavy atom. The number of esters is 2. The lowest BCUT2D eigenvalue weighted by molar-refractivity contribution is -0.162. The van der Waals surface area contributed by atoms with Crippen LogP contribution >= 0.6 is 0 Å². The van der Waals surface area contributed by atoms with Crippen molar-refractivity contribution < 1.29 is 23.9 Å². The Morgan fingerprint density at radius 3 is 2.13 bits per heavy atom. The predicted octanol–water partition coefficient (Wildman–Crippen LogP) is 0.672. The molecule has 1 amide bonds. The van der Waals surface area contributed by atoms with Gasteiger partial charge in [-0.15, -0.1) is 0 Å². The van der Waals surface area contributed by atoms with Crippen LogP contribution in [0.4, 0.5) is 4.79 Å². The minimum atomic E-state index is -0.946. The van der Waals surface area contributed by atoms with Gasteiger partial charge in [0.25, 0.3) is 0 Å². The molecule has 0 radical (unpaired) electrons. The molecule has 8 heteroatoms. The molecule has 0 fully saturated rings. The Morgan fingerprint density at radius 2 is 1.65 bits per heavy atom. The summed E-state index contributed by atoms with van der Waals surface area (Å²) in [6.45, 7) is 9.08. The third kappa shape index (κ3) is 9.85. The molecule has 0 saturated heterocycles. The Balaban J connectivity index is 4.02. The van der Waals surface area contributed by atoms with Crippen LogP contribution in [-0.2, 0) is 19.1 Å². The lowest BCUT2D eigenvalue weighted by Crippen LogP contribution is -2.42. The van der Waals surface area contributed by atoms with Gasteiger partial charge in [0.1, 0.15) is 17.7 Å². The number of hydrogen-bond acceptors (Lipinski definition) is 7. The third-order valence-corrected chi connectivity index (χ3v) is 2.85. The van der Waals surface area contributed by atoms with E-state index in [2.05, 4.69) is 10.1 Å². The number of nitrogens with two attached hydrogens (primary N) is 2. The van der Waals surface area contributed by atoms with E-state index in [1.165, 1.54) is 0 Å². The predicted molar refractivity (Wildman–Crippen MR) is 85.4 cm³/mol. The maximum absolute atomic E-state index is 11.7. The molecule has 0 aliphatic carbocycles. The van der Waals surface area contributed by atoms with Gasteiger partial charge in [0.05, 0.1) is 0 Å². The fourth-order valence-electron chi connectivity index (χ4n) is 1.46. The maximum Gasteiger partial charge on any atom is 0.407 e. The molecule has 0 aromatic rings. The van der Waals surface area contributed by atoms with Gasteiger partial charge in [-0.2, -0.15) is 0 Å². The molecule has 2 atom stereocenters. The van der Waals surface area contributed by atoms with Crippen molar-refractivity contribution >= 4 is 18.0 Å². The average molecular weight is 331 g/mol. The summed E-state index contributed by atoms with van der Waals surface area (Å²) < 4.78 is 9.70. The van der Waals surface area contributed by atoms with Gasteiger partial charge in [-0.05, 0) is 39.5 Å². The average Bonchev–Trinajstić information content (AvgIpc) is 2.40. The zero-order chi connectivity index (χ0) is 18.2. The van der Waals surface area contributed by atoms with Gasteiger partial charge in [-0.1, -0.05) is 13.8 Å². The second kappa shape index (κ2) is 9.46. The van der Waals surface area contributed by atoms with Gasteiger partial charge in [0, 0.05) is 6.54 Å². The number of hydrogen-bond donors (Lipinski definition) is 3. The van der Waals surface area contributed by atoms with Crippen molar-refractivity contribution in [3.05, 3.63) is 0 Å². The van der Waals surface area contributed by atoms with E-state index in [9.17, 15) is 14.4 Å². The first-order valence-corrected chi connectivity index (χ1v) is 7.67. The molecule has 0 aromatic heterocycles. The topological polar surface area (TPSA) is 134 Å². The van der Waals surface area contributed by atoms with Gasteiger partial charge in [-0.3, -0.25) is 0 Å². The summed E-state index contributed by atoms with van der Waals surface area (Å²) in [5.41, 5.74) is 10.7. The zero-order valence-corrected chi connectivity index (χ0v) is 14.5. The largest absolute Gasteiger partial charge is 0.444 e. The Bertz CT molecular complexity index is 418. The van der Waals surface area contributed by atoms with E-state index in [4.69, 9.17) is 16.2 Å². The van der Waals surface area contributed by atoms with Gasteiger partial charge in [0.15, 0.2) is 0 Å². The molecule has 134 valence electrons. The van der Waals surface area contributed by atoms with Crippen molar-refractivity contribution in [3.63, 3.8) is 0 Å². The highest BCUT2D eigenvalue weighted by Gasteiger charge is 2.25. The van der Waals surface area contributed by atoms with E-state index in [0.717, 1.165) is 0 Å². The standard InChI is InChI=1S/C15H29N3O5/c1-9(2)11(17)13(20)22-12(19)10(16)7-6-8-18-14(21)23-15(3,4)5/h9-11H,6-8,16-17H2,1-5H3,(H,18,21)/t10-,11-/m0/s1. The molecule has 0 spiro atoms. The van der Waals surface area contributed by atoms with Gasteiger partial charge < -0.3 is 26.3 Å². The SMILES string of the molecule is CC(C)[C@H](N)C(=O)OC(=O)[C@@H](N)CCCNC(=O)OC(C)(C)C. The van der Waals surface area contributed by atoms with Gasteiger partial charge >= 0.3 is 18.0 Å². The van der Waals surface area contributed by atoms with Crippen LogP contribution in [0.1, 0.15) is 47.5 Å². The van der Waals surface area contributed by atoms with Crippen LogP contribution in [0.15, 0.2) is 0 Å². The highest BCUT2D eigenvalue weighted by Crippen LogP contribution is 2.07. The molecule has 0 unspecified atom stereocenters. The van der Waals surface area contributed by atoms with Crippen molar-refractivity contribution in [2.45, 2.75) is 65.1 Å². The molecule has 0 heterocycles. The molecule has 0 aliphatic heterocycles. The zero-order valence-electron chi connectivity index (χ0n) is 14.5. The van der Waals surface area contributed by atoms with Crippen LogP contribution in [0, 0.1) is 5.92 Å². The molecular formula is C15H29N3O5. The minimum Gasteiger partial charge on any atom is -0.444 e. The molecule has 23 heavy (non-hydrogen) atoms. The normalized spacial score (nSPS) is 14.1. The van der Waals surface area contributed by atoms with Crippen LogP contribution < -0.4 is 16.8 Å². The highest BCUT2D eigenvalue weighted by molar-refractivity contribution is 5.90. The molecule has 5 N–H and O–H groups in total. The third-order valence-electron chi connectivity index (χ3n) is 2.85. The van der Waals surface area contributed by atoms with E-state index in [1.54, 1.807) is 34.6 Å². The number of rotatable bonds is 7. The summed E-state index contributed by atoms with van der Waals surface area (Å²) in [6.07, 6.45) is 0.172. The number of carbonyl (C=O) groups excluding carboxylic acids is 3. The summed E-state index contributed by atoms with van der Waals surface area (Å²) in [6, 6.07) is -1.81. The van der Waals surface area contributed by atoms with Crippen molar-refractivity contribution in [3.8, 4) is 0 Å². The Kier molecular flexibility index (Phi) is 8.78. The molecular weight excluding hydrogens is 302 g/mol.